The summed E-state index contributed by atoms with van der Waals surface area (Å²) < 4.78 is 16.4. The number of hydrogen-bond acceptors (Lipinski definition) is 10. The lowest BCUT2D eigenvalue weighted by Crippen LogP contribution is -2.51. The summed E-state index contributed by atoms with van der Waals surface area (Å²) >= 11 is 0. The van der Waals surface area contributed by atoms with Gasteiger partial charge in [-0.05, 0) is 92.8 Å². The van der Waals surface area contributed by atoms with Crippen molar-refractivity contribution in [3.8, 4) is 34.0 Å². The Morgan fingerprint density at radius 1 is 0.810 bits per heavy atom. The van der Waals surface area contributed by atoms with Crippen LogP contribution in [0.3, 0.4) is 0 Å². The predicted octanol–water partition coefficient (Wildman–Crippen LogP) is 7.22. The molecule has 2 aromatic heterocycles. The van der Waals surface area contributed by atoms with Crippen LogP contribution in [0.1, 0.15) is 89.1 Å². The van der Waals surface area contributed by atoms with Crippen LogP contribution in [0.4, 0.5) is 21.0 Å². The van der Waals surface area contributed by atoms with E-state index in [0.29, 0.717) is 6.54 Å². The number of anilines is 2. The van der Waals surface area contributed by atoms with E-state index in [0.717, 1.165) is 115 Å². The predicted molar refractivity (Wildman–Crippen MR) is 219 cm³/mol. The number of nitrogens with zero attached hydrogens (tertiary/aromatic N) is 5. The number of benzene rings is 2. The highest BCUT2D eigenvalue weighted by atomic mass is 16.5. The SMILES string of the molecule is COC(=O)N[C@H](C(=O)N1CCC[C@H]1c1ncc(-c2cc3c4c(c2)Oc2ccc(-c5cnc([C@@H]6CCCN6C[C@@H](NC(=O)OC)C(C)C)[nH]5)cc2N4CCC3)[nH]1)C(C)C. The third-order valence-corrected chi connectivity index (χ3v) is 12.2. The van der Waals surface area contributed by atoms with Crippen molar-refractivity contribution in [2.75, 3.05) is 45.3 Å². The molecule has 15 heteroatoms. The van der Waals surface area contributed by atoms with Gasteiger partial charge >= 0.3 is 12.2 Å². The van der Waals surface area contributed by atoms with Crippen molar-refractivity contribution >= 4 is 29.5 Å². The zero-order valence-electron chi connectivity index (χ0n) is 34.3. The minimum atomic E-state index is -0.692. The number of carbonyl (C=O) groups is 3. The molecule has 0 aliphatic carbocycles. The summed E-state index contributed by atoms with van der Waals surface area (Å²) in [6, 6.07) is 9.82. The van der Waals surface area contributed by atoms with E-state index in [1.807, 2.05) is 37.2 Å². The number of hydrogen-bond donors (Lipinski definition) is 4. The number of methoxy groups -OCH3 is 2. The number of imidazole rings is 2. The second kappa shape index (κ2) is 16.4. The van der Waals surface area contributed by atoms with Crippen LogP contribution in [0.2, 0.25) is 0 Å². The summed E-state index contributed by atoms with van der Waals surface area (Å²) in [6.07, 6.45) is 8.35. The first-order chi connectivity index (χ1) is 28.0. The smallest absolute Gasteiger partial charge is 0.407 e. The maximum Gasteiger partial charge on any atom is 0.407 e. The standard InChI is InChI=1S/C43H55N9O6/c1-24(2)31(48-42(54)56-5)23-50-15-8-11-32(50)39-44-21-29(46-39)26-13-14-35-34(19-26)51-16-7-10-27-18-28(20-36(58-35)38(27)51)30-22-45-40(47-30)33-12-9-17-52(33)41(53)37(25(3)4)49-43(55)57-6/h13-14,18-22,24-25,31-33,37H,7-12,15-17,23H2,1-6H3,(H,44,46)(H,45,47)(H,48,54)(H,49,55)/t31-,32+,33+,37+/m1/s1. The fourth-order valence-electron chi connectivity index (χ4n) is 9.02. The fraction of sp³-hybridized carbons (Fsp3) is 0.512. The molecule has 4 aromatic rings. The number of ether oxygens (including phenoxy) is 3. The van der Waals surface area contributed by atoms with Gasteiger partial charge in [0.2, 0.25) is 5.91 Å². The normalized spacial score (nSPS) is 19.7. The molecule has 0 bridgehead atoms. The number of H-pyrrole nitrogens is 2. The van der Waals surface area contributed by atoms with Crippen LogP contribution in [-0.4, -0.2) is 100 Å². The van der Waals surface area contributed by atoms with E-state index >= 15 is 0 Å². The Balaban J connectivity index is 1.00. The minimum absolute atomic E-state index is 0.0320. The van der Waals surface area contributed by atoms with Crippen LogP contribution >= 0.6 is 0 Å². The summed E-state index contributed by atoms with van der Waals surface area (Å²) in [7, 11) is 2.70. The molecule has 0 saturated carbocycles. The van der Waals surface area contributed by atoms with Crippen LogP contribution in [0.25, 0.3) is 22.5 Å². The summed E-state index contributed by atoms with van der Waals surface area (Å²) in [6.45, 7) is 11.2. The first kappa shape index (κ1) is 39.3. The second-order valence-electron chi connectivity index (χ2n) is 16.6. The fourth-order valence-corrected chi connectivity index (χ4v) is 9.02. The minimum Gasteiger partial charge on any atom is -0.453 e. The van der Waals surface area contributed by atoms with E-state index in [1.54, 1.807) is 0 Å². The molecule has 6 heterocycles. The molecule has 0 spiro atoms. The Bertz CT molecular complexity index is 2160. The first-order valence-corrected chi connectivity index (χ1v) is 20.6. The molecule has 4 aliphatic rings. The lowest BCUT2D eigenvalue weighted by molar-refractivity contribution is -0.135. The first-order valence-electron chi connectivity index (χ1n) is 20.6. The lowest BCUT2D eigenvalue weighted by Gasteiger charge is -2.38. The van der Waals surface area contributed by atoms with Gasteiger partial charge in [0.15, 0.2) is 11.5 Å². The number of alkyl carbamates (subject to hydrolysis) is 2. The molecule has 15 nitrogen and oxygen atoms in total. The molecule has 4 N–H and O–H groups in total. The van der Waals surface area contributed by atoms with Crippen LogP contribution in [0.15, 0.2) is 42.7 Å². The molecule has 4 aliphatic heterocycles. The lowest BCUT2D eigenvalue weighted by atomic mass is 9.95. The van der Waals surface area contributed by atoms with Crippen molar-refractivity contribution in [1.82, 2.24) is 40.4 Å². The van der Waals surface area contributed by atoms with Gasteiger partial charge in [-0.3, -0.25) is 9.69 Å². The van der Waals surface area contributed by atoms with Crippen molar-refractivity contribution in [3.63, 3.8) is 0 Å². The molecule has 0 radical (unpaired) electrons. The number of likely N-dealkylation sites (tertiary alicyclic amines) is 2. The summed E-state index contributed by atoms with van der Waals surface area (Å²) in [5.74, 6) is 3.28. The number of aryl methyl sites for hydroxylation is 1. The van der Waals surface area contributed by atoms with Crippen LogP contribution < -0.4 is 20.3 Å². The van der Waals surface area contributed by atoms with Gasteiger partial charge in [-0.25, -0.2) is 19.6 Å². The van der Waals surface area contributed by atoms with Gasteiger partial charge in [-0.2, -0.15) is 0 Å². The number of fused-ring (bicyclic) bond motifs is 2. The second-order valence-corrected chi connectivity index (χ2v) is 16.6. The molecule has 8 rings (SSSR count). The number of carbonyl (C=O) groups excluding carboxylic acids is 3. The third kappa shape index (κ3) is 7.59. The molecule has 4 atom stereocenters. The quantitative estimate of drug-likeness (QED) is 0.122. The average molecular weight is 794 g/mol. The van der Waals surface area contributed by atoms with E-state index in [1.165, 1.54) is 19.8 Å². The molecule has 2 fully saturated rings. The number of nitrogens with one attached hydrogen (secondary N) is 4. The Morgan fingerprint density at radius 2 is 1.50 bits per heavy atom. The Hall–Kier alpha value is -5.57. The third-order valence-electron chi connectivity index (χ3n) is 12.2. The Labute approximate surface area is 339 Å². The van der Waals surface area contributed by atoms with Gasteiger partial charge in [0.1, 0.15) is 17.7 Å². The molecule has 2 saturated heterocycles. The molecule has 0 unspecified atom stereocenters. The molecule has 58 heavy (non-hydrogen) atoms. The van der Waals surface area contributed by atoms with Crippen molar-refractivity contribution < 1.29 is 28.6 Å². The molecule has 308 valence electrons. The maximum absolute atomic E-state index is 13.7. The molecule has 2 aromatic carbocycles. The van der Waals surface area contributed by atoms with Gasteiger partial charge < -0.3 is 44.6 Å². The summed E-state index contributed by atoms with van der Waals surface area (Å²) in [4.78, 5) is 61.2. The number of aromatic amines is 2. The van der Waals surface area contributed by atoms with Crippen LogP contribution in [0.5, 0.6) is 11.5 Å². The van der Waals surface area contributed by atoms with Crippen molar-refractivity contribution in [2.45, 2.75) is 90.4 Å². The maximum atomic E-state index is 13.7. The summed E-state index contributed by atoms with van der Waals surface area (Å²) in [5.41, 5.74) is 7.16. The van der Waals surface area contributed by atoms with Crippen molar-refractivity contribution in [1.29, 1.82) is 0 Å². The van der Waals surface area contributed by atoms with Gasteiger partial charge in [0.05, 0.1) is 61.5 Å². The highest BCUT2D eigenvalue weighted by Gasteiger charge is 2.38. The highest BCUT2D eigenvalue weighted by Crippen LogP contribution is 2.52. The largest absolute Gasteiger partial charge is 0.453 e. The van der Waals surface area contributed by atoms with Gasteiger partial charge in [0.25, 0.3) is 0 Å². The number of amides is 3. The van der Waals surface area contributed by atoms with Crippen LogP contribution in [0, 0.1) is 11.8 Å². The monoisotopic (exact) mass is 793 g/mol. The van der Waals surface area contributed by atoms with Gasteiger partial charge in [-0.15, -0.1) is 0 Å². The Kier molecular flexibility index (Phi) is 11.1. The highest BCUT2D eigenvalue weighted by molar-refractivity contribution is 5.87. The van der Waals surface area contributed by atoms with Crippen molar-refractivity contribution in [2.24, 2.45) is 11.8 Å². The zero-order chi connectivity index (χ0) is 40.7. The van der Waals surface area contributed by atoms with E-state index in [4.69, 9.17) is 24.2 Å². The van der Waals surface area contributed by atoms with Crippen LogP contribution in [-0.2, 0) is 20.7 Å². The molecular weight excluding hydrogens is 739 g/mol. The van der Waals surface area contributed by atoms with E-state index in [-0.39, 0.29) is 35.9 Å². The topological polar surface area (TPSA) is 170 Å². The van der Waals surface area contributed by atoms with E-state index < -0.39 is 18.2 Å². The average Bonchev–Trinajstić information content (AvgIpc) is 4.06. The van der Waals surface area contributed by atoms with Gasteiger partial charge in [0, 0.05) is 36.8 Å². The Morgan fingerprint density at radius 3 is 2.22 bits per heavy atom. The van der Waals surface area contributed by atoms with Crippen molar-refractivity contribution in [3.05, 3.63) is 59.9 Å². The van der Waals surface area contributed by atoms with Gasteiger partial charge in [-0.1, -0.05) is 27.7 Å². The summed E-state index contributed by atoms with van der Waals surface area (Å²) in [5, 5.41) is 5.73. The van der Waals surface area contributed by atoms with E-state index in [2.05, 4.69) is 68.5 Å². The molecular formula is C43H55N9O6. The zero-order valence-corrected chi connectivity index (χ0v) is 34.3. The number of aromatic nitrogens is 4. The molecule has 3 amide bonds. The number of rotatable bonds is 11. The van der Waals surface area contributed by atoms with E-state index in [9.17, 15) is 14.4 Å².